The van der Waals surface area contributed by atoms with Crippen molar-refractivity contribution in [3.63, 3.8) is 0 Å². The molecule has 4 aromatic carbocycles. The van der Waals surface area contributed by atoms with E-state index in [0.717, 1.165) is 22.3 Å². The van der Waals surface area contributed by atoms with Crippen LogP contribution in [0.5, 0.6) is 0 Å². The maximum Gasteiger partial charge on any atom is 0.252 e. The van der Waals surface area contributed by atoms with Crippen LogP contribution in [0.25, 0.3) is 11.1 Å². The van der Waals surface area contributed by atoms with E-state index in [4.69, 9.17) is 0 Å². The number of carbonyl (C=O) groups is 3. The van der Waals surface area contributed by atoms with Crippen molar-refractivity contribution < 1.29 is 18.8 Å². The third-order valence-electron chi connectivity index (χ3n) is 11.0. The Bertz CT molecular complexity index is 1840. The van der Waals surface area contributed by atoms with Crippen molar-refractivity contribution in [1.29, 1.82) is 0 Å². The highest BCUT2D eigenvalue weighted by atomic mass is 19.1. The summed E-state index contributed by atoms with van der Waals surface area (Å²) in [7, 11) is 1.70. The number of likely N-dealkylation sites (N-methyl/N-ethyl adjacent to an activating group) is 1. The third-order valence-corrected chi connectivity index (χ3v) is 11.0. The molecule has 3 aliphatic rings. The van der Waals surface area contributed by atoms with E-state index in [-0.39, 0.29) is 41.0 Å². The lowest BCUT2D eigenvalue weighted by atomic mass is 9.56. The Morgan fingerprint density at radius 2 is 1.42 bits per heavy atom. The first-order valence-electron chi connectivity index (χ1n) is 17.7. The molecule has 0 radical (unpaired) electrons. The summed E-state index contributed by atoms with van der Waals surface area (Å²) in [5.41, 5.74) is 5.50. The van der Waals surface area contributed by atoms with Gasteiger partial charge in [0.2, 0.25) is 11.8 Å². The van der Waals surface area contributed by atoms with Gasteiger partial charge in [0.05, 0.1) is 0 Å². The first-order chi connectivity index (χ1) is 23.8. The van der Waals surface area contributed by atoms with Gasteiger partial charge in [0.25, 0.3) is 5.91 Å². The topological polar surface area (TPSA) is 78.5 Å². The molecule has 260 valence electrons. The van der Waals surface area contributed by atoms with Crippen LogP contribution in [0.1, 0.15) is 97.9 Å². The Morgan fingerprint density at radius 1 is 0.800 bits per heavy atom. The third kappa shape index (κ3) is 7.23. The number of aryl methyl sites for hydroxylation is 1. The number of nitrogens with zero attached hydrogens (tertiary/aromatic N) is 1. The summed E-state index contributed by atoms with van der Waals surface area (Å²) >= 11 is 0. The normalized spacial score (nSPS) is 20.5. The maximum absolute atomic E-state index is 14.1. The SMILES string of the molecule is Cc1cccc(C(=O)NC23CCC(C(=O)N[C@H](C(=O)N(C)Cc4ccc(F)cc4)c4ccccc4)(CC2)CC3)c1-c1ccc(C(C)(C)C)cc1. The summed E-state index contributed by atoms with van der Waals surface area (Å²) in [6.07, 6.45) is 3.99. The second-order valence-corrected chi connectivity index (χ2v) is 15.5. The molecule has 7 heteroatoms. The standard InChI is InChI=1S/C43H48FN3O3/c1-29-10-9-13-35(36(29)31-16-18-33(19-17-31)41(2,3)4)38(48)46-43-25-22-42(23-26-43,24-27-43)40(50)45-37(32-11-7-6-8-12-32)39(49)47(5)28-30-14-20-34(44)21-15-30/h6-21,37H,22-28H2,1-5H3,(H,45,50)(H,46,48)/t37-,42?,43?/m0/s1. The monoisotopic (exact) mass is 673 g/mol. The Balaban J connectivity index is 1.15. The number of hydrogen-bond acceptors (Lipinski definition) is 3. The zero-order valence-electron chi connectivity index (χ0n) is 29.8. The summed E-state index contributed by atoms with van der Waals surface area (Å²) < 4.78 is 13.5. The molecule has 7 rings (SSSR count). The van der Waals surface area contributed by atoms with E-state index < -0.39 is 11.5 Å². The second kappa shape index (κ2) is 13.9. The van der Waals surface area contributed by atoms with Gasteiger partial charge >= 0.3 is 0 Å². The Morgan fingerprint density at radius 3 is 2.02 bits per heavy atom. The fourth-order valence-electron chi connectivity index (χ4n) is 7.78. The zero-order chi connectivity index (χ0) is 35.7. The number of amides is 3. The Kier molecular flexibility index (Phi) is 9.71. The van der Waals surface area contributed by atoms with E-state index in [2.05, 4.69) is 55.7 Å². The van der Waals surface area contributed by atoms with E-state index in [9.17, 15) is 18.8 Å². The second-order valence-electron chi connectivity index (χ2n) is 15.5. The number of halogens is 1. The van der Waals surface area contributed by atoms with Crippen LogP contribution in [-0.4, -0.2) is 35.2 Å². The van der Waals surface area contributed by atoms with Crippen LogP contribution in [0.2, 0.25) is 0 Å². The van der Waals surface area contributed by atoms with Crippen molar-refractivity contribution in [3.8, 4) is 11.1 Å². The minimum absolute atomic E-state index is 0.0389. The van der Waals surface area contributed by atoms with E-state index in [1.807, 2.05) is 55.5 Å². The number of hydrogen-bond donors (Lipinski definition) is 2. The highest BCUT2D eigenvalue weighted by molar-refractivity contribution is 6.02. The summed E-state index contributed by atoms with van der Waals surface area (Å²) in [4.78, 5) is 43.6. The van der Waals surface area contributed by atoms with Crippen LogP contribution in [0, 0.1) is 18.2 Å². The lowest BCUT2D eigenvalue weighted by Crippen LogP contribution is -2.60. The van der Waals surface area contributed by atoms with Gasteiger partial charge in [-0.2, -0.15) is 0 Å². The van der Waals surface area contributed by atoms with Gasteiger partial charge in [-0.15, -0.1) is 0 Å². The van der Waals surface area contributed by atoms with Crippen LogP contribution in [0.4, 0.5) is 4.39 Å². The summed E-state index contributed by atoms with van der Waals surface area (Å²) in [5, 5.41) is 6.58. The molecule has 0 saturated heterocycles. The molecule has 6 nitrogen and oxygen atoms in total. The van der Waals surface area contributed by atoms with Gasteiger partial charge in [0.15, 0.2) is 0 Å². The predicted molar refractivity (Wildman–Crippen MR) is 196 cm³/mol. The van der Waals surface area contributed by atoms with Crippen molar-refractivity contribution in [2.24, 2.45) is 5.41 Å². The van der Waals surface area contributed by atoms with Gasteiger partial charge in [-0.3, -0.25) is 14.4 Å². The molecule has 0 unspecified atom stereocenters. The predicted octanol–water partition coefficient (Wildman–Crippen LogP) is 8.44. The highest BCUT2D eigenvalue weighted by Crippen LogP contribution is 2.53. The molecule has 1 atom stereocenters. The van der Waals surface area contributed by atoms with Crippen molar-refractivity contribution >= 4 is 17.7 Å². The van der Waals surface area contributed by atoms with E-state index in [1.165, 1.54) is 17.7 Å². The smallest absolute Gasteiger partial charge is 0.252 e. The average molecular weight is 674 g/mol. The average Bonchev–Trinajstić information content (AvgIpc) is 3.11. The number of benzene rings is 4. The summed E-state index contributed by atoms with van der Waals surface area (Å²) in [5.74, 6) is -0.766. The summed E-state index contributed by atoms with van der Waals surface area (Å²) in [6.45, 7) is 8.91. The van der Waals surface area contributed by atoms with Crippen molar-refractivity contribution in [3.05, 3.63) is 131 Å². The van der Waals surface area contributed by atoms with Crippen molar-refractivity contribution in [2.75, 3.05) is 7.05 Å². The summed E-state index contributed by atoms with van der Waals surface area (Å²) in [6, 6.07) is 28.9. The van der Waals surface area contributed by atoms with Gasteiger partial charge in [-0.1, -0.05) is 99.6 Å². The molecule has 2 N–H and O–H groups in total. The lowest BCUT2D eigenvalue weighted by Gasteiger charge is -2.52. The Hall–Kier alpha value is -4.78. The lowest BCUT2D eigenvalue weighted by molar-refractivity contribution is -0.143. The molecule has 2 bridgehead atoms. The molecular weight excluding hydrogens is 625 g/mol. The fraction of sp³-hybridized carbons (Fsp3) is 0.372. The molecule has 0 heterocycles. The first kappa shape index (κ1) is 35.1. The number of rotatable bonds is 9. The molecule has 50 heavy (non-hydrogen) atoms. The maximum atomic E-state index is 14.1. The number of carbonyl (C=O) groups excluding carboxylic acids is 3. The van der Waals surface area contributed by atoms with Gasteiger partial charge in [0, 0.05) is 30.1 Å². The largest absolute Gasteiger partial charge is 0.347 e. The first-order valence-corrected chi connectivity index (χ1v) is 17.7. The molecule has 3 amide bonds. The molecule has 0 aromatic heterocycles. The van der Waals surface area contributed by atoms with E-state index in [0.29, 0.717) is 49.7 Å². The minimum atomic E-state index is -0.853. The van der Waals surface area contributed by atoms with Crippen molar-refractivity contribution in [1.82, 2.24) is 15.5 Å². The fourth-order valence-corrected chi connectivity index (χ4v) is 7.78. The van der Waals surface area contributed by atoms with Crippen LogP contribution >= 0.6 is 0 Å². The van der Waals surface area contributed by atoms with E-state index >= 15 is 0 Å². The highest BCUT2D eigenvalue weighted by Gasteiger charge is 2.53. The minimum Gasteiger partial charge on any atom is -0.347 e. The van der Waals surface area contributed by atoms with Gasteiger partial charge in [-0.05, 0) is 102 Å². The molecule has 3 aliphatic carbocycles. The van der Waals surface area contributed by atoms with Crippen LogP contribution < -0.4 is 10.6 Å². The quantitative estimate of drug-likeness (QED) is 0.187. The Labute approximate surface area is 295 Å². The molecular formula is C43H48FN3O3. The number of fused-ring (bicyclic) bond motifs is 3. The van der Waals surface area contributed by atoms with Crippen LogP contribution in [0.15, 0.2) is 97.1 Å². The van der Waals surface area contributed by atoms with Crippen LogP contribution in [-0.2, 0) is 21.5 Å². The zero-order valence-corrected chi connectivity index (χ0v) is 29.8. The van der Waals surface area contributed by atoms with Gasteiger partial charge < -0.3 is 15.5 Å². The molecule has 3 saturated carbocycles. The molecule has 4 aromatic rings. The van der Waals surface area contributed by atoms with E-state index in [1.54, 1.807) is 24.1 Å². The number of nitrogens with one attached hydrogen (secondary N) is 2. The molecule has 3 fully saturated rings. The van der Waals surface area contributed by atoms with Crippen molar-refractivity contribution in [2.45, 2.75) is 89.8 Å². The van der Waals surface area contributed by atoms with Gasteiger partial charge in [-0.25, -0.2) is 4.39 Å². The molecule has 0 aliphatic heterocycles. The van der Waals surface area contributed by atoms with Gasteiger partial charge in [0.1, 0.15) is 11.9 Å². The van der Waals surface area contributed by atoms with Crippen LogP contribution in [0.3, 0.4) is 0 Å². The molecule has 0 spiro atoms.